The van der Waals surface area contributed by atoms with Crippen LogP contribution in [-0.4, -0.2) is 37.8 Å². The average Bonchev–Trinajstić information content (AvgIpc) is 2.57. The van der Waals surface area contributed by atoms with Crippen LogP contribution in [0, 0.1) is 5.82 Å². The van der Waals surface area contributed by atoms with Gasteiger partial charge in [-0.25, -0.2) is 9.18 Å². The van der Waals surface area contributed by atoms with E-state index in [1.807, 2.05) is 0 Å². The fraction of sp³-hybridized carbons (Fsp3) is 0.696. The number of halogens is 2. The van der Waals surface area contributed by atoms with Gasteiger partial charge in [0.2, 0.25) is 0 Å². The van der Waals surface area contributed by atoms with Crippen LogP contribution in [0.4, 0.5) is 9.18 Å². The van der Waals surface area contributed by atoms with Gasteiger partial charge in [0.25, 0.3) is 0 Å². The average molecular weight is 521 g/mol. The number of hydrogen-bond acceptors (Lipinski definition) is 4. The van der Waals surface area contributed by atoms with Crippen molar-refractivity contribution in [1.29, 1.82) is 0 Å². The predicted octanol–water partition coefficient (Wildman–Crippen LogP) is 6.49. The van der Waals surface area contributed by atoms with Gasteiger partial charge < -0.3 is 19.6 Å². The Balaban J connectivity index is 3.03. The largest absolute Gasteiger partial charge is 0.444 e. The van der Waals surface area contributed by atoms with Gasteiger partial charge in [-0.3, -0.25) is 0 Å². The maximum absolute atomic E-state index is 14.7. The summed E-state index contributed by atoms with van der Waals surface area (Å²) in [4.78, 5) is 12.5. The molecule has 0 saturated carbocycles. The maximum Gasteiger partial charge on any atom is 0.408 e. The minimum atomic E-state index is -1.89. The Morgan fingerprint density at radius 3 is 2.29 bits per heavy atom. The van der Waals surface area contributed by atoms with Crippen LogP contribution >= 0.6 is 15.9 Å². The number of ether oxygens (including phenoxy) is 1. The van der Waals surface area contributed by atoms with E-state index in [1.54, 1.807) is 39.8 Å². The van der Waals surface area contributed by atoms with E-state index in [4.69, 9.17) is 9.16 Å². The van der Waals surface area contributed by atoms with Crippen molar-refractivity contribution < 1.29 is 23.5 Å². The lowest BCUT2D eigenvalue weighted by atomic mass is 9.84. The summed E-state index contributed by atoms with van der Waals surface area (Å²) in [5, 5.41) is 13.9. The maximum atomic E-state index is 14.7. The first-order valence-electron chi connectivity index (χ1n) is 10.7. The number of carbonyl (C=O) groups excluding carboxylic acids is 1. The number of rotatable bonds is 8. The summed E-state index contributed by atoms with van der Waals surface area (Å²) in [6.07, 6.45) is -0.861. The zero-order valence-corrected chi connectivity index (χ0v) is 22.9. The summed E-state index contributed by atoms with van der Waals surface area (Å²) < 4.78 is 26.9. The molecule has 0 aromatic heterocycles. The van der Waals surface area contributed by atoms with E-state index in [1.165, 1.54) is 6.07 Å². The predicted molar refractivity (Wildman–Crippen MR) is 129 cm³/mol. The van der Waals surface area contributed by atoms with Crippen molar-refractivity contribution in [2.75, 3.05) is 6.61 Å². The molecule has 0 bridgehead atoms. The van der Waals surface area contributed by atoms with E-state index in [2.05, 4.69) is 55.1 Å². The monoisotopic (exact) mass is 519 g/mol. The fourth-order valence-corrected chi connectivity index (χ4v) is 4.30. The second-order valence-corrected chi connectivity index (χ2v) is 16.4. The molecule has 0 aliphatic heterocycles. The van der Waals surface area contributed by atoms with Gasteiger partial charge >= 0.3 is 6.09 Å². The number of carbonyl (C=O) groups is 1. The number of amides is 1. The Kier molecular flexibility index (Phi) is 9.34. The smallest absolute Gasteiger partial charge is 0.408 e. The fourth-order valence-electron chi connectivity index (χ4n) is 2.85. The third-order valence-corrected chi connectivity index (χ3v) is 10.8. The second kappa shape index (κ2) is 10.3. The summed E-state index contributed by atoms with van der Waals surface area (Å²) in [6.45, 7) is 18.2. The van der Waals surface area contributed by atoms with Crippen molar-refractivity contribution in [3.05, 3.63) is 34.1 Å². The van der Waals surface area contributed by atoms with Gasteiger partial charge in [-0.2, -0.15) is 0 Å². The highest BCUT2D eigenvalue weighted by Gasteiger charge is 2.40. The molecule has 0 spiro atoms. The minimum absolute atomic E-state index is 0.0951. The molecule has 1 aromatic carbocycles. The van der Waals surface area contributed by atoms with Gasteiger partial charge in [0.15, 0.2) is 8.32 Å². The summed E-state index contributed by atoms with van der Waals surface area (Å²) >= 11 is 3.35. The van der Waals surface area contributed by atoms with E-state index in [9.17, 15) is 14.3 Å². The molecular formula is C23H39BrFNO4Si. The third kappa shape index (κ3) is 8.15. The standard InChI is InChI=1S/C23H39BrFNO4Si/c1-21(2,3)30-20(28)26-23(7,17-15-16(24)12-13-18(17)25)19(27)11-10-14-29-31(8,9)22(4,5)6/h12-13,15,19,27H,10-11,14H2,1-9H3,(H,26,28)/t19?,23-/m1/s1. The quantitative estimate of drug-likeness (QED) is 0.304. The molecule has 5 nitrogen and oxygen atoms in total. The Morgan fingerprint density at radius 1 is 1.19 bits per heavy atom. The molecule has 0 saturated heterocycles. The van der Waals surface area contributed by atoms with Crippen LogP contribution in [0.3, 0.4) is 0 Å². The number of hydrogen-bond donors (Lipinski definition) is 2. The van der Waals surface area contributed by atoms with Gasteiger partial charge in [0.1, 0.15) is 11.4 Å². The Morgan fingerprint density at radius 2 is 1.77 bits per heavy atom. The molecule has 0 aliphatic rings. The topological polar surface area (TPSA) is 67.8 Å². The first kappa shape index (κ1) is 28.1. The van der Waals surface area contributed by atoms with E-state index in [-0.39, 0.29) is 10.6 Å². The summed E-state index contributed by atoms with van der Waals surface area (Å²) in [7, 11) is -1.89. The highest BCUT2D eigenvalue weighted by molar-refractivity contribution is 9.10. The van der Waals surface area contributed by atoms with Crippen LogP contribution < -0.4 is 5.32 Å². The minimum Gasteiger partial charge on any atom is -0.444 e. The first-order chi connectivity index (χ1) is 13.9. The molecular weight excluding hydrogens is 481 g/mol. The van der Waals surface area contributed by atoms with Crippen LogP contribution in [0.2, 0.25) is 18.1 Å². The lowest BCUT2D eigenvalue weighted by Gasteiger charge is -2.38. The van der Waals surface area contributed by atoms with Gasteiger partial charge in [0.05, 0.1) is 11.6 Å². The Bertz CT molecular complexity index is 761. The molecule has 0 radical (unpaired) electrons. The number of benzene rings is 1. The molecule has 178 valence electrons. The summed E-state index contributed by atoms with van der Waals surface area (Å²) in [6, 6.07) is 4.45. The van der Waals surface area contributed by atoms with E-state index in [0.717, 1.165) is 0 Å². The van der Waals surface area contributed by atoms with Crippen molar-refractivity contribution in [2.24, 2.45) is 0 Å². The van der Waals surface area contributed by atoms with Crippen LogP contribution in [0.1, 0.15) is 66.9 Å². The van der Waals surface area contributed by atoms with Crippen LogP contribution in [-0.2, 0) is 14.7 Å². The van der Waals surface area contributed by atoms with Gasteiger partial charge in [-0.05, 0) is 76.9 Å². The Hall–Kier alpha value is -0.963. The molecule has 1 rings (SSSR count). The van der Waals surface area contributed by atoms with Crippen LogP contribution in [0.15, 0.2) is 22.7 Å². The SMILES string of the molecule is CC(C)(C)OC(=O)N[C@](C)(c1cc(Br)ccc1F)C(O)CCCO[Si](C)(C)C(C)(C)C. The molecule has 8 heteroatoms. The van der Waals surface area contributed by atoms with Gasteiger partial charge in [-0.15, -0.1) is 0 Å². The molecule has 0 heterocycles. The normalized spacial score (nSPS) is 15.9. The zero-order chi connectivity index (χ0) is 24.3. The highest BCUT2D eigenvalue weighted by atomic mass is 79.9. The third-order valence-electron chi connectivity index (χ3n) is 5.81. The van der Waals surface area contributed by atoms with Gasteiger partial charge in [-0.1, -0.05) is 36.7 Å². The Labute approximate surface area is 196 Å². The molecule has 2 N–H and O–H groups in total. The van der Waals surface area contributed by atoms with E-state index >= 15 is 0 Å². The summed E-state index contributed by atoms with van der Waals surface area (Å²) in [5.41, 5.74) is -1.92. The lowest BCUT2D eigenvalue weighted by Crippen LogP contribution is -2.53. The van der Waals surface area contributed by atoms with Crippen molar-refractivity contribution in [3.8, 4) is 0 Å². The van der Waals surface area contributed by atoms with Crippen molar-refractivity contribution in [1.82, 2.24) is 5.32 Å². The number of nitrogens with one attached hydrogen (secondary N) is 1. The molecule has 1 amide bonds. The van der Waals surface area contributed by atoms with Crippen molar-refractivity contribution >= 4 is 30.3 Å². The van der Waals surface area contributed by atoms with Crippen LogP contribution in [0.5, 0.6) is 0 Å². The molecule has 2 atom stereocenters. The molecule has 0 aliphatic carbocycles. The van der Waals surface area contributed by atoms with Crippen molar-refractivity contribution in [2.45, 2.75) is 96.7 Å². The number of alkyl carbamates (subject to hydrolysis) is 1. The number of aliphatic hydroxyl groups excluding tert-OH is 1. The molecule has 1 unspecified atom stereocenters. The van der Waals surface area contributed by atoms with E-state index < -0.39 is 37.5 Å². The molecule has 31 heavy (non-hydrogen) atoms. The van der Waals surface area contributed by atoms with Gasteiger partial charge in [0, 0.05) is 16.6 Å². The van der Waals surface area contributed by atoms with E-state index in [0.29, 0.717) is 23.9 Å². The summed E-state index contributed by atoms with van der Waals surface area (Å²) in [5.74, 6) is -0.515. The number of aliphatic hydroxyl groups is 1. The molecule has 0 fully saturated rings. The first-order valence-corrected chi connectivity index (χ1v) is 14.4. The van der Waals surface area contributed by atoms with Crippen LogP contribution in [0.25, 0.3) is 0 Å². The second-order valence-electron chi connectivity index (χ2n) is 10.7. The van der Waals surface area contributed by atoms with Crippen molar-refractivity contribution in [3.63, 3.8) is 0 Å². The highest BCUT2D eigenvalue weighted by Crippen LogP contribution is 2.37. The lowest BCUT2D eigenvalue weighted by molar-refractivity contribution is 0.0191. The zero-order valence-electron chi connectivity index (χ0n) is 20.4. The molecule has 1 aromatic rings.